The van der Waals surface area contributed by atoms with E-state index in [1.807, 2.05) is 31.3 Å². The Bertz CT molecular complexity index is 735. The number of rotatable bonds is 4. The maximum atomic E-state index is 5.89. The van der Waals surface area contributed by atoms with Crippen LogP contribution in [0.25, 0.3) is 11.0 Å². The van der Waals surface area contributed by atoms with Crippen molar-refractivity contribution in [3.05, 3.63) is 46.7 Å². The molecule has 2 aromatic heterocycles. The fourth-order valence-corrected chi connectivity index (χ4v) is 2.61. The Kier molecular flexibility index (Phi) is 3.56. The molecule has 104 valence electrons. The quantitative estimate of drug-likeness (QED) is 0.563. The first-order valence-corrected chi connectivity index (χ1v) is 6.95. The lowest BCUT2D eigenvalue weighted by molar-refractivity contribution is 0.424. The SMILES string of the molecule is Cn1ncnc1CC(NN)c1cc2cccc(Br)c2o1. The van der Waals surface area contributed by atoms with E-state index < -0.39 is 0 Å². The minimum atomic E-state index is -0.155. The number of nitrogens with two attached hydrogens (primary N) is 1. The van der Waals surface area contributed by atoms with Gasteiger partial charge in [0, 0.05) is 18.9 Å². The summed E-state index contributed by atoms with van der Waals surface area (Å²) in [6.45, 7) is 0. The molecule has 0 aliphatic carbocycles. The molecular formula is C13H14BrN5O. The van der Waals surface area contributed by atoms with Gasteiger partial charge in [0.05, 0.1) is 10.5 Å². The average Bonchev–Trinajstić information content (AvgIpc) is 3.03. The van der Waals surface area contributed by atoms with Crippen LogP contribution >= 0.6 is 15.9 Å². The molecule has 1 aromatic carbocycles. The minimum Gasteiger partial charge on any atom is -0.458 e. The van der Waals surface area contributed by atoms with Gasteiger partial charge in [-0.2, -0.15) is 5.10 Å². The van der Waals surface area contributed by atoms with Crippen LogP contribution in [0.3, 0.4) is 0 Å². The largest absolute Gasteiger partial charge is 0.458 e. The summed E-state index contributed by atoms with van der Waals surface area (Å²) in [6.07, 6.45) is 2.13. The van der Waals surface area contributed by atoms with Gasteiger partial charge in [-0.25, -0.2) is 10.4 Å². The fourth-order valence-electron chi connectivity index (χ4n) is 2.15. The highest BCUT2D eigenvalue weighted by Crippen LogP contribution is 2.30. The Labute approximate surface area is 124 Å². The first kappa shape index (κ1) is 13.3. The summed E-state index contributed by atoms with van der Waals surface area (Å²) < 4.78 is 8.55. The number of nitrogens with one attached hydrogen (secondary N) is 1. The van der Waals surface area contributed by atoms with Gasteiger partial charge in [0.2, 0.25) is 0 Å². The fraction of sp³-hybridized carbons (Fsp3) is 0.231. The lowest BCUT2D eigenvalue weighted by Gasteiger charge is -2.12. The van der Waals surface area contributed by atoms with Crippen molar-refractivity contribution >= 4 is 26.9 Å². The number of para-hydroxylation sites is 1. The zero-order chi connectivity index (χ0) is 14.1. The zero-order valence-corrected chi connectivity index (χ0v) is 12.5. The molecule has 3 rings (SSSR count). The number of nitrogens with zero attached hydrogens (tertiary/aromatic N) is 3. The van der Waals surface area contributed by atoms with Crippen molar-refractivity contribution in [2.75, 3.05) is 0 Å². The molecule has 2 heterocycles. The first-order chi connectivity index (χ1) is 9.69. The second-order valence-corrected chi connectivity index (χ2v) is 5.38. The van der Waals surface area contributed by atoms with Crippen LogP contribution in [0, 0.1) is 0 Å². The molecule has 0 aliphatic heterocycles. The van der Waals surface area contributed by atoms with Crippen LogP contribution in [0.5, 0.6) is 0 Å². The number of halogens is 1. The van der Waals surface area contributed by atoms with Crippen molar-refractivity contribution < 1.29 is 4.42 Å². The predicted octanol–water partition coefficient (Wildman–Crippen LogP) is 2.07. The number of aromatic nitrogens is 3. The number of furan rings is 1. The summed E-state index contributed by atoms with van der Waals surface area (Å²) in [5, 5.41) is 5.09. The van der Waals surface area contributed by atoms with Crippen molar-refractivity contribution in [2.45, 2.75) is 12.5 Å². The Balaban J connectivity index is 1.95. The van der Waals surface area contributed by atoms with Gasteiger partial charge in [-0.3, -0.25) is 10.5 Å². The third kappa shape index (κ3) is 2.35. The number of benzene rings is 1. The van der Waals surface area contributed by atoms with Crippen LogP contribution in [0.15, 0.2) is 39.5 Å². The molecule has 0 amide bonds. The van der Waals surface area contributed by atoms with E-state index in [1.54, 1.807) is 4.68 Å². The summed E-state index contributed by atoms with van der Waals surface area (Å²) in [5.41, 5.74) is 3.59. The van der Waals surface area contributed by atoms with E-state index >= 15 is 0 Å². The van der Waals surface area contributed by atoms with Crippen LogP contribution in [0.4, 0.5) is 0 Å². The summed E-state index contributed by atoms with van der Waals surface area (Å²) >= 11 is 3.48. The van der Waals surface area contributed by atoms with Crippen molar-refractivity contribution in [3.63, 3.8) is 0 Å². The van der Waals surface area contributed by atoms with Crippen molar-refractivity contribution in [1.29, 1.82) is 0 Å². The number of fused-ring (bicyclic) bond motifs is 1. The molecule has 0 aliphatic rings. The highest BCUT2D eigenvalue weighted by Gasteiger charge is 2.18. The number of hydrogen-bond donors (Lipinski definition) is 2. The molecule has 0 spiro atoms. The maximum absolute atomic E-state index is 5.89. The van der Waals surface area contributed by atoms with E-state index in [9.17, 15) is 0 Å². The topological polar surface area (TPSA) is 81.9 Å². The summed E-state index contributed by atoms with van der Waals surface area (Å²) in [6, 6.07) is 7.75. The van der Waals surface area contributed by atoms with Gasteiger partial charge >= 0.3 is 0 Å². The molecule has 0 saturated carbocycles. The van der Waals surface area contributed by atoms with Crippen molar-refractivity contribution in [2.24, 2.45) is 12.9 Å². The lowest BCUT2D eigenvalue weighted by atomic mass is 10.1. The van der Waals surface area contributed by atoms with Gasteiger partial charge in [0.25, 0.3) is 0 Å². The normalized spacial score (nSPS) is 12.9. The molecular weight excluding hydrogens is 322 g/mol. The molecule has 1 unspecified atom stereocenters. The van der Waals surface area contributed by atoms with Crippen LogP contribution in [0.1, 0.15) is 17.6 Å². The van der Waals surface area contributed by atoms with Gasteiger partial charge in [0.1, 0.15) is 23.5 Å². The minimum absolute atomic E-state index is 0.155. The van der Waals surface area contributed by atoms with E-state index in [0.29, 0.717) is 6.42 Å². The molecule has 3 aromatic rings. The third-order valence-corrected chi connectivity index (χ3v) is 3.88. The van der Waals surface area contributed by atoms with E-state index in [0.717, 1.165) is 27.0 Å². The molecule has 6 nitrogen and oxygen atoms in total. The second kappa shape index (κ2) is 5.35. The predicted molar refractivity (Wildman–Crippen MR) is 78.7 cm³/mol. The molecule has 0 radical (unpaired) electrons. The number of aryl methyl sites for hydroxylation is 1. The summed E-state index contributed by atoms with van der Waals surface area (Å²) in [5.74, 6) is 7.27. The van der Waals surface area contributed by atoms with E-state index in [1.165, 1.54) is 6.33 Å². The highest BCUT2D eigenvalue weighted by molar-refractivity contribution is 9.10. The van der Waals surface area contributed by atoms with Gasteiger partial charge in [0.15, 0.2) is 0 Å². The monoisotopic (exact) mass is 335 g/mol. The Morgan fingerprint density at radius 1 is 1.50 bits per heavy atom. The Morgan fingerprint density at radius 3 is 3.00 bits per heavy atom. The van der Waals surface area contributed by atoms with Crippen LogP contribution in [-0.2, 0) is 13.5 Å². The first-order valence-electron chi connectivity index (χ1n) is 6.16. The maximum Gasteiger partial charge on any atom is 0.148 e. The van der Waals surface area contributed by atoms with Crippen LogP contribution in [0.2, 0.25) is 0 Å². The zero-order valence-electron chi connectivity index (χ0n) is 10.9. The second-order valence-electron chi connectivity index (χ2n) is 4.53. The van der Waals surface area contributed by atoms with E-state index in [-0.39, 0.29) is 6.04 Å². The molecule has 0 fully saturated rings. The van der Waals surface area contributed by atoms with Crippen molar-refractivity contribution in [1.82, 2.24) is 20.2 Å². The van der Waals surface area contributed by atoms with Gasteiger partial charge in [-0.15, -0.1) is 0 Å². The molecule has 0 saturated heterocycles. The van der Waals surface area contributed by atoms with Gasteiger partial charge in [-0.05, 0) is 28.1 Å². The summed E-state index contributed by atoms with van der Waals surface area (Å²) in [4.78, 5) is 4.21. The Hall–Kier alpha value is -1.70. The third-order valence-electron chi connectivity index (χ3n) is 3.25. The van der Waals surface area contributed by atoms with Crippen LogP contribution in [-0.4, -0.2) is 14.8 Å². The molecule has 20 heavy (non-hydrogen) atoms. The summed E-state index contributed by atoms with van der Waals surface area (Å²) in [7, 11) is 1.85. The van der Waals surface area contributed by atoms with E-state index in [4.69, 9.17) is 10.3 Å². The molecule has 7 heteroatoms. The standard InChI is InChI=1S/C13H14BrN5O/c1-19-12(16-7-17-19)6-10(18-15)11-5-8-3-2-4-9(14)13(8)20-11/h2-5,7,10,18H,6,15H2,1H3. The van der Waals surface area contributed by atoms with E-state index in [2.05, 4.69) is 31.4 Å². The number of hydrazine groups is 1. The lowest BCUT2D eigenvalue weighted by Crippen LogP contribution is -2.30. The Morgan fingerprint density at radius 2 is 2.35 bits per heavy atom. The number of hydrogen-bond acceptors (Lipinski definition) is 5. The van der Waals surface area contributed by atoms with Crippen LogP contribution < -0.4 is 11.3 Å². The molecule has 1 atom stereocenters. The van der Waals surface area contributed by atoms with Gasteiger partial charge in [-0.1, -0.05) is 12.1 Å². The smallest absolute Gasteiger partial charge is 0.148 e. The van der Waals surface area contributed by atoms with Crippen molar-refractivity contribution in [3.8, 4) is 0 Å². The highest BCUT2D eigenvalue weighted by atomic mass is 79.9. The van der Waals surface area contributed by atoms with Gasteiger partial charge < -0.3 is 4.42 Å². The molecule has 3 N–H and O–H groups in total. The molecule has 0 bridgehead atoms. The average molecular weight is 336 g/mol.